The van der Waals surface area contributed by atoms with Gasteiger partial charge in [0.2, 0.25) is 0 Å². The molecule has 10 heteroatoms. The molecule has 1 aromatic carbocycles. The highest BCUT2D eigenvalue weighted by Crippen LogP contribution is 2.36. The topological polar surface area (TPSA) is 144 Å². The van der Waals surface area contributed by atoms with E-state index in [0.29, 0.717) is 10.8 Å². The first-order chi connectivity index (χ1) is 13.9. The number of hydrogen-bond donors (Lipinski definition) is 4. The minimum absolute atomic E-state index is 0.0306. The summed E-state index contributed by atoms with van der Waals surface area (Å²) in [6.07, 6.45) is -0.109. The number of aliphatic hydroxyl groups is 2. The fourth-order valence-corrected chi connectivity index (χ4v) is 3.63. The molecule has 0 bridgehead atoms. The SMILES string of the molecule is Nc1ncnc2[nH]ccc12.O=C1Cc2cc(Cl)ccc2C(C2OCC(O)C2O)O1. The van der Waals surface area contributed by atoms with Gasteiger partial charge in [-0.25, -0.2) is 9.97 Å². The standard InChI is InChI=1S/C13H13ClO5.C6H6N4/c14-7-1-2-8-6(3-7)4-10(16)19-12(8)13-11(17)9(15)5-18-13;7-5-4-1-2-8-6(4)10-3-9-5/h1-3,9,11-13,15,17H,4-5H2;1-3H,(H3,7,8,9,10). The van der Waals surface area contributed by atoms with Crippen molar-refractivity contribution in [1.82, 2.24) is 15.0 Å². The maximum Gasteiger partial charge on any atom is 0.310 e. The van der Waals surface area contributed by atoms with E-state index in [1.54, 1.807) is 24.4 Å². The number of H-pyrrole nitrogens is 1. The van der Waals surface area contributed by atoms with E-state index in [-0.39, 0.29) is 13.0 Å². The second-order valence-corrected chi connectivity index (χ2v) is 7.22. The van der Waals surface area contributed by atoms with Crippen LogP contribution in [0.5, 0.6) is 0 Å². The second-order valence-electron chi connectivity index (χ2n) is 6.79. The van der Waals surface area contributed by atoms with E-state index >= 15 is 0 Å². The van der Waals surface area contributed by atoms with Crippen molar-refractivity contribution in [3.63, 3.8) is 0 Å². The lowest BCUT2D eigenvalue weighted by Gasteiger charge is -2.30. The summed E-state index contributed by atoms with van der Waals surface area (Å²) in [5, 5.41) is 20.8. The molecule has 0 aliphatic carbocycles. The minimum Gasteiger partial charge on any atom is -0.454 e. The number of carbonyl (C=O) groups excluding carboxylic acids is 1. The summed E-state index contributed by atoms with van der Waals surface area (Å²) in [6.45, 7) is 0.0306. The lowest BCUT2D eigenvalue weighted by molar-refractivity contribution is -0.161. The molecular weight excluding hydrogens is 400 g/mol. The molecule has 4 heterocycles. The van der Waals surface area contributed by atoms with Gasteiger partial charge in [0.25, 0.3) is 0 Å². The number of benzene rings is 1. The minimum atomic E-state index is -1.07. The Balaban J connectivity index is 0.000000171. The lowest BCUT2D eigenvalue weighted by atomic mass is 9.92. The number of cyclic esters (lactones) is 1. The molecule has 2 aliphatic heterocycles. The Kier molecular flexibility index (Phi) is 5.37. The van der Waals surface area contributed by atoms with E-state index in [9.17, 15) is 15.0 Å². The molecule has 5 rings (SSSR count). The summed E-state index contributed by atoms with van der Waals surface area (Å²) in [6, 6.07) is 7.02. The number of ether oxygens (including phenoxy) is 2. The van der Waals surface area contributed by atoms with Gasteiger partial charge in [-0.1, -0.05) is 17.7 Å². The average molecular weight is 419 g/mol. The number of rotatable bonds is 1. The van der Waals surface area contributed by atoms with Gasteiger partial charge in [0, 0.05) is 11.2 Å². The monoisotopic (exact) mass is 418 g/mol. The van der Waals surface area contributed by atoms with Gasteiger partial charge in [-0.3, -0.25) is 4.79 Å². The molecule has 0 spiro atoms. The Morgan fingerprint density at radius 3 is 2.79 bits per heavy atom. The molecule has 29 heavy (non-hydrogen) atoms. The number of aromatic nitrogens is 3. The van der Waals surface area contributed by atoms with Crippen molar-refractivity contribution in [2.24, 2.45) is 0 Å². The molecule has 5 N–H and O–H groups in total. The molecule has 0 saturated carbocycles. The van der Waals surface area contributed by atoms with Crippen LogP contribution in [0.15, 0.2) is 36.8 Å². The summed E-state index contributed by atoms with van der Waals surface area (Å²) < 4.78 is 10.6. The van der Waals surface area contributed by atoms with Crippen molar-refractivity contribution in [2.75, 3.05) is 12.3 Å². The number of aromatic amines is 1. The smallest absolute Gasteiger partial charge is 0.310 e. The van der Waals surface area contributed by atoms with E-state index < -0.39 is 30.4 Å². The maximum absolute atomic E-state index is 11.6. The first-order valence-electron chi connectivity index (χ1n) is 8.93. The van der Waals surface area contributed by atoms with Gasteiger partial charge in [0.1, 0.15) is 36.1 Å². The number of anilines is 1. The molecular formula is C19H19ClN4O5. The normalized spacial score (nSPS) is 25.8. The number of nitrogens with one attached hydrogen (secondary N) is 1. The fraction of sp³-hybridized carbons (Fsp3) is 0.316. The Labute approximate surface area is 170 Å². The number of fused-ring (bicyclic) bond motifs is 2. The molecule has 9 nitrogen and oxygen atoms in total. The summed E-state index contributed by atoms with van der Waals surface area (Å²) in [5.74, 6) is 0.128. The number of nitrogens with zero attached hydrogens (tertiary/aromatic N) is 2. The molecule has 4 atom stereocenters. The largest absolute Gasteiger partial charge is 0.454 e. The number of esters is 1. The first-order valence-corrected chi connectivity index (χ1v) is 9.31. The Morgan fingerprint density at radius 1 is 1.24 bits per heavy atom. The third-order valence-corrected chi connectivity index (χ3v) is 5.11. The zero-order valence-electron chi connectivity index (χ0n) is 15.2. The first kappa shape index (κ1) is 19.6. The van der Waals surface area contributed by atoms with Gasteiger partial charge in [-0.15, -0.1) is 0 Å². The van der Waals surface area contributed by atoms with Gasteiger partial charge < -0.3 is 30.4 Å². The fourth-order valence-electron chi connectivity index (χ4n) is 3.44. The van der Waals surface area contributed by atoms with Crippen molar-refractivity contribution in [2.45, 2.75) is 30.8 Å². The Hall–Kier alpha value is -2.72. The molecule has 4 unspecified atom stereocenters. The average Bonchev–Trinajstić information content (AvgIpc) is 3.29. The van der Waals surface area contributed by atoms with Gasteiger partial charge in [-0.05, 0) is 29.3 Å². The van der Waals surface area contributed by atoms with Crippen LogP contribution in [0, 0.1) is 0 Å². The number of halogens is 1. The van der Waals surface area contributed by atoms with E-state index in [2.05, 4.69) is 15.0 Å². The predicted molar refractivity (Wildman–Crippen MR) is 104 cm³/mol. The number of carbonyl (C=O) groups is 1. The van der Waals surface area contributed by atoms with Crippen molar-refractivity contribution in [3.8, 4) is 0 Å². The van der Waals surface area contributed by atoms with E-state index in [1.807, 2.05) is 6.07 Å². The Bertz CT molecular complexity index is 1040. The van der Waals surface area contributed by atoms with Gasteiger partial charge >= 0.3 is 5.97 Å². The van der Waals surface area contributed by atoms with E-state index in [0.717, 1.165) is 22.2 Å². The zero-order chi connectivity index (χ0) is 20.5. The molecule has 3 aromatic rings. The predicted octanol–water partition coefficient (Wildman–Crippen LogP) is 1.14. The molecule has 1 saturated heterocycles. The van der Waals surface area contributed by atoms with Crippen LogP contribution < -0.4 is 5.73 Å². The van der Waals surface area contributed by atoms with Crippen LogP contribution in [0.2, 0.25) is 5.02 Å². The second kappa shape index (κ2) is 7.96. The van der Waals surface area contributed by atoms with Crippen molar-refractivity contribution >= 4 is 34.4 Å². The van der Waals surface area contributed by atoms with Crippen LogP contribution in [0.3, 0.4) is 0 Å². The van der Waals surface area contributed by atoms with Gasteiger partial charge in [0.05, 0.1) is 18.4 Å². The molecule has 0 radical (unpaired) electrons. The summed E-state index contributed by atoms with van der Waals surface area (Å²) in [4.78, 5) is 22.3. The molecule has 2 aromatic heterocycles. The summed E-state index contributed by atoms with van der Waals surface area (Å²) in [7, 11) is 0. The lowest BCUT2D eigenvalue weighted by Crippen LogP contribution is -2.38. The van der Waals surface area contributed by atoms with E-state index in [4.69, 9.17) is 26.8 Å². The highest BCUT2D eigenvalue weighted by Gasteiger charge is 2.44. The zero-order valence-corrected chi connectivity index (χ0v) is 15.9. The molecule has 2 aliphatic rings. The molecule has 152 valence electrons. The van der Waals surface area contributed by atoms with Crippen LogP contribution in [0.25, 0.3) is 11.0 Å². The third-order valence-electron chi connectivity index (χ3n) is 4.88. The maximum atomic E-state index is 11.6. The van der Waals surface area contributed by atoms with Crippen LogP contribution in [-0.2, 0) is 20.7 Å². The highest BCUT2D eigenvalue weighted by atomic mass is 35.5. The summed E-state index contributed by atoms with van der Waals surface area (Å²) in [5.41, 5.74) is 7.85. The van der Waals surface area contributed by atoms with Crippen molar-refractivity contribution in [1.29, 1.82) is 0 Å². The Morgan fingerprint density at radius 2 is 2.07 bits per heavy atom. The third kappa shape index (κ3) is 3.90. The number of nitrogen functional groups attached to an aromatic ring is 1. The van der Waals surface area contributed by atoms with Crippen LogP contribution in [0.1, 0.15) is 17.2 Å². The van der Waals surface area contributed by atoms with Crippen LogP contribution in [0.4, 0.5) is 5.82 Å². The van der Waals surface area contributed by atoms with Gasteiger partial charge in [-0.2, -0.15) is 0 Å². The van der Waals surface area contributed by atoms with Crippen LogP contribution in [-0.4, -0.2) is 56.1 Å². The van der Waals surface area contributed by atoms with E-state index in [1.165, 1.54) is 6.33 Å². The number of aliphatic hydroxyl groups excluding tert-OH is 2. The van der Waals surface area contributed by atoms with Gasteiger partial charge in [0.15, 0.2) is 6.10 Å². The van der Waals surface area contributed by atoms with Crippen molar-refractivity contribution in [3.05, 3.63) is 52.9 Å². The highest BCUT2D eigenvalue weighted by molar-refractivity contribution is 6.30. The molecule has 1 fully saturated rings. The summed E-state index contributed by atoms with van der Waals surface area (Å²) >= 11 is 5.91. The van der Waals surface area contributed by atoms with Crippen LogP contribution >= 0.6 is 11.6 Å². The molecule has 0 amide bonds. The number of hydrogen-bond acceptors (Lipinski definition) is 8. The number of nitrogens with two attached hydrogens (primary N) is 1. The van der Waals surface area contributed by atoms with Crippen molar-refractivity contribution < 1.29 is 24.5 Å². The quantitative estimate of drug-likeness (QED) is 0.431.